The highest BCUT2D eigenvalue weighted by atomic mass is 16.4. The van der Waals surface area contributed by atoms with E-state index in [-0.39, 0.29) is 11.5 Å². The van der Waals surface area contributed by atoms with Crippen molar-refractivity contribution >= 4 is 11.9 Å². The highest BCUT2D eigenvalue weighted by Gasteiger charge is 2.13. The zero-order valence-electron chi connectivity index (χ0n) is 8.90. The van der Waals surface area contributed by atoms with E-state index >= 15 is 0 Å². The SMILES string of the molecule is C/C=C/CCNC(=O)c1ccc(C(=O)O)o1. The van der Waals surface area contributed by atoms with E-state index in [4.69, 9.17) is 9.52 Å². The van der Waals surface area contributed by atoms with Crippen molar-refractivity contribution in [3.63, 3.8) is 0 Å². The van der Waals surface area contributed by atoms with Crippen LogP contribution < -0.4 is 5.32 Å². The predicted molar refractivity (Wildman–Crippen MR) is 57.4 cm³/mol. The van der Waals surface area contributed by atoms with E-state index in [2.05, 4.69) is 5.32 Å². The third kappa shape index (κ3) is 3.27. The van der Waals surface area contributed by atoms with Crippen molar-refractivity contribution in [3.8, 4) is 0 Å². The van der Waals surface area contributed by atoms with Crippen LogP contribution in [0.2, 0.25) is 0 Å². The fourth-order valence-corrected chi connectivity index (χ4v) is 1.10. The maximum absolute atomic E-state index is 11.4. The van der Waals surface area contributed by atoms with Crippen LogP contribution in [0.15, 0.2) is 28.7 Å². The Kier molecular flexibility index (Phi) is 4.32. The average Bonchev–Trinajstić information content (AvgIpc) is 2.73. The van der Waals surface area contributed by atoms with Crippen LogP contribution in [-0.2, 0) is 0 Å². The first-order chi connectivity index (χ1) is 7.65. The van der Waals surface area contributed by atoms with E-state index in [0.717, 1.165) is 6.42 Å². The highest BCUT2D eigenvalue weighted by molar-refractivity contribution is 5.93. The summed E-state index contributed by atoms with van der Waals surface area (Å²) in [6.45, 7) is 2.39. The first-order valence-electron chi connectivity index (χ1n) is 4.87. The number of hydrogen-bond donors (Lipinski definition) is 2. The van der Waals surface area contributed by atoms with Gasteiger partial charge >= 0.3 is 5.97 Å². The first-order valence-corrected chi connectivity index (χ1v) is 4.87. The third-order valence-electron chi connectivity index (χ3n) is 1.87. The molecule has 1 aromatic heterocycles. The molecule has 2 N–H and O–H groups in total. The molecule has 0 fully saturated rings. The molecule has 0 radical (unpaired) electrons. The second-order valence-electron chi connectivity index (χ2n) is 3.08. The monoisotopic (exact) mass is 223 g/mol. The van der Waals surface area contributed by atoms with Gasteiger partial charge in [0, 0.05) is 6.54 Å². The normalized spacial score (nSPS) is 10.6. The Labute approximate surface area is 92.8 Å². The number of allylic oxidation sites excluding steroid dienone is 1. The molecule has 1 amide bonds. The van der Waals surface area contributed by atoms with Gasteiger partial charge in [0.2, 0.25) is 5.76 Å². The number of furan rings is 1. The maximum Gasteiger partial charge on any atom is 0.371 e. The second kappa shape index (κ2) is 5.75. The fourth-order valence-electron chi connectivity index (χ4n) is 1.10. The number of carboxylic acid groups (broad SMARTS) is 1. The largest absolute Gasteiger partial charge is 0.475 e. The summed E-state index contributed by atoms with van der Waals surface area (Å²) in [5, 5.41) is 11.2. The Hall–Kier alpha value is -2.04. The summed E-state index contributed by atoms with van der Waals surface area (Å²) in [6, 6.07) is 2.59. The lowest BCUT2D eigenvalue weighted by Crippen LogP contribution is -2.23. The molecule has 0 bridgehead atoms. The van der Waals surface area contributed by atoms with E-state index in [0.29, 0.717) is 6.54 Å². The summed E-state index contributed by atoms with van der Waals surface area (Å²) in [7, 11) is 0. The van der Waals surface area contributed by atoms with E-state index in [1.54, 1.807) is 0 Å². The molecule has 86 valence electrons. The van der Waals surface area contributed by atoms with Crippen LogP contribution in [0.3, 0.4) is 0 Å². The minimum absolute atomic E-state index is 0.0119. The van der Waals surface area contributed by atoms with Crippen LogP contribution in [-0.4, -0.2) is 23.5 Å². The number of carbonyl (C=O) groups excluding carboxylic acids is 1. The van der Waals surface area contributed by atoms with E-state index in [1.165, 1.54) is 12.1 Å². The van der Waals surface area contributed by atoms with Crippen LogP contribution in [0.4, 0.5) is 0 Å². The van der Waals surface area contributed by atoms with Crippen molar-refractivity contribution < 1.29 is 19.1 Å². The van der Waals surface area contributed by atoms with E-state index in [1.807, 2.05) is 19.1 Å². The Balaban J connectivity index is 2.49. The molecule has 0 aliphatic heterocycles. The highest BCUT2D eigenvalue weighted by Crippen LogP contribution is 2.07. The standard InChI is InChI=1S/C11H13NO4/c1-2-3-4-7-12-10(13)8-5-6-9(16-8)11(14)15/h2-3,5-6H,4,7H2,1H3,(H,12,13)(H,14,15)/b3-2+. The minimum atomic E-state index is -1.19. The molecule has 0 aliphatic carbocycles. The molecule has 5 heteroatoms. The van der Waals surface area contributed by atoms with E-state index < -0.39 is 11.9 Å². The van der Waals surface area contributed by atoms with Gasteiger partial charge in [-0.2, -0.15) is 0 Å². The zero-order chi connectivity index (χ0) is 12.0. The maximum atomic E-state index is 11.4. The molecule has 5 nitrogen and oxygen atoms in total. The van der Waals surface area contributed by atoms with Gasteiger partial charge in [0.1, 0.15) is 0 Å². The van der Waals surface area contributed by atoms with Crippen LogP contribution in [0.1, 0.15) is 34.5 Å². The van der Waals surface area contributed by atoms with Crippen molar-refractivity contribution in [1.29, 1.82) is 0 Å². The molecule has 1 aromatic rings. The minimum Gasteiger partial charge on any atom is -0.475 e. The number of hydrogen-bond acceptors (Lipinski definition) is 3. The average molecular weight is 223 g/mol. The lowest BCUT2D eigenvalue weighted by Gasteiger charge is -1.99. The number of carboxylic acids is 1. The molecule has 0 unspecified atom stereocenters. The molecule has 0 saturated heterocycles. The summed E-state index contributed by atoms with van der Waals surface area (Å²) >= 11 is 0. The third-order valence-corrected chi connectivity index (χ3v) is 1.87. The number of nitrogens with one attached hydrogen (secondary N) is 1. The lowest BCUT2D eigenvalue weighted by atomic mass is 10.3. The summed E-state index contributed by atoms with van der Waals surface area (Å²) in [4.78, 5) is 21.9. The number of aromatic carboxylic acids is 1. The molecule has 1 rings (SSSR count). The van der Waals surface area contributed by atoms with E-state index in [9.17, 15) is 9.59 Å². The molecule has 0 aliphatic rings. The Morgan fingerprint density at radius 1 is 1.44 bits per heavy atom. The van der Waals surface area contributed by atoms with Gasteiger partial charge in [0.15, 0.2) is 5.76 Å². The van der Waals surface area contributed by atoms with Crippen molar-refractivity contribution in [2.45, 2.75) is 13.3 Å². The molecule has 0 aromatic carbocycles. The van der Waals surface area contributed by atoms with Crippen molar-refractivity contribution in [2.75, 3.05) is 6.54 Å². The van der Waals surface area contributed by atoms with Crippen LogP contribution in [0, 0.1) is 0 Å². The zero-order valence-corrected chi connectivity index (χ0v) is 8.90. The molecule has 0 saturated carbocycles. The summed E-state index contributed by atoms with van der Waals surface area (Å²) in [5.41, 5.74) is 0. The number of rotatable bonds is 5. The first kappa shape index (κ1) is 12.0. The van der Waals surface area contributed by atoms with Gasteiger partial charge in [-0.1, -0.05) is 12.2 Å². The molecule has 1 heterocycles. The van der Waals surface area contributed by atoms with Crippen molar-refractivity contribution in [3.05, 3.63) is 35.8 Å². The van der Waals surface area contributed by atoms with Gasteiger partial charge in [-0.25, -0.2) is 4.79 Å². The van der Waals surface area contributed by atoms with Crippen molar-refractivity contribution in [1.82, 2.24) is 5.32 Å². The van der Waals surface area contributed by atoms with Crippen LogP contribution >= 0.6 is 0 Å². The summed E-state index contributed by atoms with van der Waals surface area (Å²) in [5.74, 6) is -1.82. The van der Waals surface area contributed by atoms with Gasteiger partial charge in [0.25, 0.3) is 5.91 Å². The predicted octanol–water partition coefficient (Wildman–Crippen LogP) is 1.67. The van der Waals surface area contributed by atoms with Gasteiger partial charge in [0.05, 0.1) is 0 Å². The van der Waals surface area contributed by atoms with Gasteiger partial charge < -0.3 is 14.8 Å². The Morgan fingerprint density at radius 3 is 2.69 bits per heavy atom. The summed E-state index contributed by atoms with van der Waals surface area (Å²) < 4.78 is 4.83. The Bertz CT molecular complexity index is 406. The van der Waals surface area contributed by atoms with Crippen LogP contribution in [0.5, 0.6) is 0 Å². The van der Waals surface area contributed by atoms with Gasteiger partial charge in [-0.3, -0.25) is 4.79 Å². The topological polar surface area (TPSA) is 79.5 Å². The fraction of sp³-hybridized carbons (Fsp3) is 0.273. The van der Waals surface area contributed by atoms with Crippen molar-refractivity contribution in [2.24, 2.45) is 0 Å². The molecule has 16 heavy (non-hydrogen) atoms. The van der Waals surface area contributed by atoms with Gasteiger partial charge in [-0.05, 0) is 25.5 Å². The van der Waals surface area contributed by atoms with Gasteiger partial charge in [-0.15, -0.1) is 0 Å². The molecule has 0 spiro atoms. The lowest BCUT2D eigenvalue weighted by molar-refractivity contribution is 0.0659. The van der Waals surface area contributed by atoms with Crippen LogP contribution in [0.25, 0.3) is 0 Å². The smallest absolute Gasteiger partial charge is 0.371 e. The Morgan fingerprint density at radius 2 is 2.12 bits per heavy atom. The molecule has 0 atom stereocenters. The molecular weight excluding hydrogens is 210 g/mol. The number of amides is 1. The molecular formula is C11H13NO4. The number of carbonyl (C=O) groups is 2. The quantitative estimate of drug-likeness (QED) is 0.587. The summed E-state index contributed by atoms with van der Waals surface area (Å²) in [6.07, 6.45) is 4.54. The second-order valence-corrected chi connectivity index (χ2v) is 3.08.